The third-order valence-corrected chi connectivity index (χ3v) is 7.09. The molecule has 1 atom stereocenters. The van der Waals surface area contributed by atoms with Crippen molar-refractivity contribution in [1.29, 1.82) is 0 Å². The normalized spacial score (nSPS) is 23.6. The van der Waals surface area contributed by atoms with Gasteiger partial charge in [-0.3, -0.25) is 14.5 Å². The quantitative estimate of drug-likeness (QED) is 0.690. The highest BCUT2D eigenvalue weighted by Gasteiger charge is 2.51. The molecule has 3 heterocycles. The molecule has 3 aliphatic rings. The maximum atomic E-state index is 13.0. The van der Waals surface area contributed by atoms with Crippen LogP contribution in [0.5, 0.6) is 0 Å². The van der Waals surface area contributed by atoms with Crippen molar-refractivity contribution in [2.24, 2.45) is 0 Å². The Morgan fingerprint density at radius 1 is 1.28 bits per heavy atom. The predicted molar refractivity (Wildman–Crippen MR) is 109 cm³/mol. The maximum Gasteiger partial charge on any atom is 0.325 e. The third kappa shape index (κ3) is 4.48. The maximum absolute atomic E-state index is 13.0. The first-order valence-corrected chi connectivity index (χ1v) is 11.5. The number of urea groups is 1. The Kier molecular flexibility index (Phi) is 6.20. The van der Waals surface area contributed by atoms with E-state index >= 15 is 0 Å². The number of rotatable bonds is 7. The van der Waals surface area contributed by atoms with Crippen LogP contribution >= 0.6 is 11.3 Å². The Balaban J connectivity index is 1.37. The van der Waals surface area contributed by atoms with Crippen LogP contribution in [0.4, 0.5) is 4.79 Å². The van der Waals surface area contributed by atoms with Gasteiger partial charge in [0, 0.05) is 31.0 Å². The summed E-state index contributed by atoms with van der Waals surface area (Å²) in [4.78, 5) is 42.5. The van der Waals surface area contributed by atoms with Crippen LogP contribution in [0.3, 0.4) is 0 Å². The number of nitrogens with one attached hydrogen (secondary N) is 1. The largest absolute Gasteiger partial charge is 0.376 e. The van der Waals surface area contributed by atoms with Crippen molar-refractivity contribution in [3.63, 3.8) is 0 Å². The number of carbonyl (C=O) groups is 3. The van der Waals surface area contributed by atoms with Gasteiger partial charge < -0.3 is 15.0 Å². The van der Waals surface area contributed by atoms with Crippen LogP contribution in [0.15, 0.2) is 17.5 Å². The van der Waals surface area contributed by atoms with Gasteiger partial charge in [0.15, 0.2) is 0 Å². The summed E-state index contributed by atoms with van der Waals surface area (Å²) < 4.78 is 5.72. The van der Waals surface area contributed by atoms with E-state index in [0.29, 0.717) is 25.9 Å². The number of imide groups is 1. The smallest absolute Gasteiger partial charge is 0.325 e. The summed E-state index contributed by atoms with van der Waals surface area (Å²) in [6, 6.07) is 3.64. The topological polar surface area (TPSA) is 79.0 Å². The van der Waals surface area contributed by atoms with Gasteiger partial charge in [0.2, 0.25) is 5.91 Å². The van der Waals surface area contributed by atoms with E-state index in [1.807, 2.05) is 22.4 Å². The van der Waals surface area contributed by atoms with Crippen molar-refractivity contribution >= 4 is 29.2 Å². The number of carbonyl (C=O) groups excluding carboxylic acids is 3. The fourth-order valence-corrected chi connectivity index (χ4v) is 5.34. The van der Waals surface area contributed by atoms with Crippen molar-refractivity contribution < 1.29 is 19.1 Å². The molecule has 8 heteroatoms. The molecule has 29 heavy (non-hydrogen) atoms. The van der Waals surface area contributed by atoms with Crippen LogP contribution in [-0.2, 0) is 20.9 Å². The van der Waals surface area contributed by atoms with Crippen LogP contribution in [-0.4, -0.2) is 59.0 Å². The molecule has 7 nitrogen and oxygen atoms in total. The summed E-state index contributed by atoms with van der Waals surface area (Å²) in [6.07, 6.45) is 6.61. The van der Waals surface area contributed by atoms with E-state index in [1.54, 1.807) is 11.3 Å². The van der Waals surface area contributed by atoms with E-state index in [2.05, 4.69) is 5.32 Å². The van der Waals surface area contributed by atoms with Gasteiger partial charge in [0.1, 0.15) is 5.54 Å². The predicted octanol–water partition coefficient (Wildman–Crippen LogP) is 2.90. The number of hydrogen-bond acceptors (Lipinski definition) is 5. The average molecular weight is 420 g/mol. The molecule has 1 saturated carbocycles. The van der Waals surface area contributed by atoms with Gasteiger partial charge in [0.25, 0.3) is 5.91 Å². The first kappa shape index (κ1) is 20.3. The summed E-state index contributed by atoms with van der Waals surface area (Å²) in [6.45, 7) is 1.98. The van der Waals surface area contributed by atoms with Crippen LogP contribution < -0.4 is 5.32 Å². The highest BCUT2D eigenvalue weighted by molar-refractivity contribution is 7.09. The van der Waals surface area contributed by atoms with Crippen LogP contribution in [0, 0.1) is 0 Å². The van der Waals surface area contributed by atoms with Crippen LogP contribution in [0.1, 0.15) is 56.2 Å². The number of nitrogens with zero attached hydrogens (tertiary/aromatic N) is 2. The van der Waals surface area contributed by atoms with Gasteiger partial charge >= 0.3 is 6.03 Å². The van der Waals surface area contributed by atoms with Gasteiger partial charge in [-0.05, 0) is 37.1 Å². The first-order chi connectivity index (χ1) is 14.1. The van der Waals surface area contributed by atoms with Crippen molar-refractivity contribution in [1.82, 2.24) is 15.1 Å². The number of amides is 4. The lowest BCUT2D eigenvalue weighted by molar-refractivity contribution is -0.135. The number of ether oxygens (including phenoxy) is 1. The molecule has 4 rings (SSSR count). The Morgan fingerprint density at radius 3 is 2.79 bits per heavy atom. The molecule has 1 aromatic rings. The minimum atomic E-state index is -0.729. The van der Waals surface area contributed by atoms with Crippen molar-refractivity contribution in [3.05, 3.63) is 22.4 Å². The molecule has 3 fully saturated rings. The van der Waals surface area contributed by atoms with Gasteiger partial charge in [-0.25, -0.2) is 4.79 Å². The molecule has 1 N–H and O–H groups in total. The fourth-order valence-electron chi connectivity index (χ4n) is 4.62. The standard InChI is InChI=1S/C21H29N3O4S/c25-18(23(14-16-6-4-12-28-16)15-17-7-5-13-29-17)8-11-24-19(26)21(22-20(24)27)9-2-1-3-10-21/h5,7,13,16H,1-4,6,8-12,14-15H2,(H,22,27). The molecule has 2 saturated heterocycles. The van der Waals surface area contributed by atoms with Gasteiger partial charge in [-0.1, -0.05) is 25.3 Å². The third-order valence-electron chi connectivity index (χ3n) is 6.23. The molecule has 1 aromatic heterocycles. The monoisotopic (exact) mass is 419 g/mol. The summed E-state index contributed by atoms with van der Waals surface area (Å²) >= 11 is 1.62. The second kappa shape index (κ2) is 8.83. The molecule has 1 aliphatic carbocycles. The fraction of sp³-hybridized carbons (Fsp3) is 0.667. The second-order valence-corrected chi connectivity index (χ2v) is 9.30. The lowest BCUT2D eigenvalue weighted by Crippen LogP contribution is -2.48. The first-order valence-electron chi connectivity index (χ1n) is 10.6. The van der Waals surface area contributed by atoms with Crippen molar-refractivity contribution in [3.8, 4) is 0 Å². The zero-order valence-corrected chi connectivity index (χ0v) is 17.5. The van der Waals surface area contributed by atoms with Crippen molar-refractivity contribution in [2.45, 2.75) is 69.6 Å². The van der Waals surface area contributed by atoms with Gasteiger partial charge in [-0.15, -0.1) is 11.3 Å². The Bertz CT molecular complexity index is 739. The van der Waals surface area contributed by atoms with Gasteiger partial charge in [-0.2, -0.15) is 0 Å². The molecule has 1 unspecified atom stereocenters. The Morgan fingerprint density at radius 2 is 2.10 bits per heavy atom. The highest BCUT2D eigenvalue weighted by atomic mass is 32.1. The van der Waals surface area contributed by atoms with Crippen LogP contribution in [0.25, 0.3) is 0 Å². The van der Waals surface area contributed by atoms with E-state index in [9.17, 15) is 14.4 Å². The SMILES string of the molecule is O=C(CCN1C(=O)NC2(CCCCC2)C1=O)N(Cc1cccs1)CC1CCCO1. The van der Waals surface area contributed by atoms with E-state index in [4.69, 9.17) is 4.74 Å². The summed E-state index contributed by atoms with van der Waals surface area (Å²) in [5, 5.41) is 4.91. The summed E-state index contributed by atoms with van der Waals surface area (Å²) in [5.74, 6) is -0.196. The molecule has 0 radical (unpaired) electrons. The molecule has 1 spiro atoms. The van der Waals surface area contributed by atoms with E-state index in [1.165, 1.54) is 4.90 Å². The van der Waals surface area contributed by atoms with E-state index in [0.717, 1.165) is 43.6 Å². The zero-order valence-electron chi connectivity index (χ0n) is 16.7. The molecular formula is C21H29N3O4S. The molecule has 0 bridgehead atoms. The van der Waals surface area contributed by atoms with Gasteiger partial charge in [0.05, 0.1) is 12.6 Å². The minimum absolute atomic E-state index is 0.0425. The molecule has 0 aromatic carbocycles. The lowest BCUT2D eigenvalue weighted by Gasteiger charge is -2.30. The number of hydrogen-bond donors (Lipinski definition) is 1. The molecule has 4 amide bonds. The Labute approximate surface area is 175 Å². The summed E-state index contributed by atoms with van der Waals surface area (Å²) in [5.41, 5.74) is -0.729. The molecule has 158 valence electrons. The van der Waals surface area contributed by atoms with Crippen LogP contribution in [0.2, 0.25) is 0 Å². The lowest BCUT2D eigenvalue weighted by atomic mass is 9.82. The highest BCUT2D eigenvalue weighted by Crippen LogP contribution is 2.33. The average Bonchev–Trinajstić information content (AvgIpc) is 3.45. The van der Waals surface area contributed by atoms with E-state index in [-0.39, 0.29) is 36.9 Å². The second-order valence-electron chi connectivity index (χ2n) is 8.27. The molecule has 2 aliphatic heterocycles. The Hall–Kier alpha value is -1.93. The number of thiophene rings is 1. The summed E-state index contributed by atoms with van der Waals surface area (Å²) in [7, 11) is 0. The molecular weight excluding hydrogens is 390 g/mol. The van der Waals surface area contributed by atoms with E-state index < -0.39 is 5.54 Å². The zero-order chi connectivity index (χ0) is 20.3. The minimum Gasteiger partial charge on any atom is -0.376 e. The van der Waals surface area contributed by atoms with Crippen molar-refractivity contribution in [2.75, 3.05) is 19.7 Å².